The summed E-state index contributed by atoms with van der Waals surface area (Å²) in [4.78, 5) is 18.1. The Morgan fingerprint density at radius 2 is 2.39 bits per heavy atom. The molecule has 5 nitrogen and oxygen atoms in total. The van der Waals surface area contributed by atoms with Crippen LogP contribution in [-0.2, 0) is 0 Å². The van der Waals surface area contributed by atoms with Gasteiger partial charge in [0, 0.05) is 19.0 Å². The molecule has 2 heterocycles. The number of aliphatic hydroxyl groups is 1. The second-order valence-corrected chi connectivity index (χ2v) is 5.45. The molecule has 1 unspecified atom stereocenters. The van der Waals surface area contributed by atoms with Crippen molar-refractivity contribution in [3.8, 4) is 0 Å². The summed E-state index contributed by atoms with van der Waals surface area (Å²) in [6.45, 7) is 3.13. The molecule has 1 aliphatic heterocycles. The first-order valence-corrected chi connectivity index (χ1v) is 6.52. The Morgan fingerprint density at radius 3 is 3.00 bits per heavy atom. The SMILES string of the molecule is Cc1ocnc1C(=O)N1CCCC(C2(O)CC2)C1. The molecule has 1 aliphatic carbocycles. The number of rotatable bonds is 2. The fourth-order valence-corrected chi connectivity index (χ4v) is 2.80. The number of carbonyl (C=O) groups excluding carboxylic acids is 1. The average molecular weight is 250 g/mol. The molecule has 0 radical (unpaired) electrons. The van der Waals surface area contributed by atoms with Gasteiger partial charge in [0.2, 0.25) is 0 Å². The first kappa shape index (κ1) is 11.7. The van der Waals surface area contributed by atoms with Crippen molar-refractivity contribution in [3.63, 3.8) is 0 Å². The van der Waals surface area contributed by atoms with Crippen LogP contribution in [0.4, 0.5) is 0 Å². The van der Waals surface area contributed by atoms with E-state index in [0.29, 0.717) is 18.0 Å². The van der Waals surface area contributed by atoms with Crippen molar-refractivity contribution in [3.05, 3.63) is 17.8 Å². The topological polar surface area (TPSA) is 66.6 Å². The third-order valence-corrected chi connectivity index (χ3v) is 4.18. The molecule has 18 heavy (non-hydrogen) atoms. The summed E-state index contributed by atoms with van der Waals surface area (Å²) >= 11 is 0. The Balaban J connectivity index is 1.72. The number of likely N-dealkylation sites (tertiary alicyclic amines) is 1. The zero-order chi connectivity index (χ0) is 12.8. The van der Waals surface area contributed by atoms with E-state index < -0.39 is 5.60 Å². The highest BCUT2D eigenvalue weighted by atomic mass is 16.3. The lowest BCUT2D eigenvalue weighted by atomic mass is 9.90. The van der Waals surface area contributed by atoms with Gasteiger partial charge in [0.05, 0.1) is 5.60 Å². The molecule has 0 aromatic carbocycles. The Hall–Kier alpha value is -1.36. The molecule has 1 atom stereocenters. The lowest BCUT2D eigenvalue weighted by Crippen LogP contribution is -2.44. The smallest absolute Gasteiger partial charge is 0.276 e. The average Bonchev–Trinajstić information content (AvgIpc) is 2.99. The third-order valence-electron chi connectivity index (χ3n) is 4.18. The summed E-state index contributed by atoms with van der Waals surface area (Å²) in [6, 6.07) is 0. The van der Waals surface area contributed by atoms with E-state index in [1.165, 1.54) is 6.39 Å². The number of oxazole rings is 1. The number of piperidine rings is 1. The first-order chi connectivity index (χ1) is 8.60. The van der Waals surface area contributed by atoms with Crippen molar-refractivity contribution in [2.24, 2.45) is 5.92 Å². The Labute approximate surface area is 106 Å². The predicted octanol–water partition coefficient (Wildman–Crippen LogP) is 1.36. The van der Waals surface area contributed by atoms with E-state index in [-0.39, 0.29) is 11.8 Å². The van der Waals surface area contributed by atoms with Gasteiger partial charge in [-0.2, -0.15) is 0 Å². The molecule has 98 valence electrons. The van der Waals surface area contributed by atoms with Crippen LogP contribution >= 0.6 is 0 Å². The molecular formula is C13H18N2O3. The number of carbonyl (C=O) groups is 1. The second-order valence-electron chi connectivity index (χ2n) is 5.45. The van der Waals surface area contributed by atoms with Crippen molar-refractivity contribution in [2.45, 2.75) is 38.2 Å². The molecule has 0 spiro atoms. The summed E-state index contributed by atoms with van der Waals surface area (Å²) in [5.41, 5.74) is -0.101. The van der Waals surface area contributed by atoms with Crippen LogP contribution in [0.1, 0.15) is 41.9 Å². The molecule has 1 saturated heterocycles. The van der Waals surface area contributed by atoms with Crippen LogP contribution in [0.5, 0.6) is 0 Å². The summed E-state index contributed by atoms with van der Waals surface area (Å²) in [5, 5.41) is 10.2. The molecule has 1 aromatic rings. The Kier molecular flexibility index (Phi) is 2.66. The van der Waals surface area contributed by atoms with E-state index in [1.54, 1.807) is 11.8 Å². The first-order valence-electron chi connectivity index (χ1n) is 6.52. The summed E-state index contributed by atoms with van der Waals surface area (Å²) in [6.07, 6.45) is 5.03. The highest BCUT2D eigenvalue weighted by Crippen LogP contribution is 2.45. The Morgan fingerprint density at radius 1 is 1.61 bits per heavy atom. The van der Waals surface area contributed by atoms with Crippen LogP contribution in [-0.4, -0.2) is 39.6 Å². The molecule has 2 aliphatic rings. The van der Waals surface area contributed by atoms with E-state index in [4.69, 9.17) is 4.42 Å². The number of aromatic nitrogens is 1. The van der Waals surface area contributed by atoms with Crippen molar-refractivity contribution >= 4 is 5.91 Å². The van der Waals surface area contributed by atoms with Crippen LogP contribution in [0.3, 0.4) is 0 Å². The molecule has 2 fully saturated rings. The van der Waals surface area contributed by atoms with Crippen molar-refractivity contribution < 1.29 is 14.3 Å². The lowest BCUT2D eigenvalue weighted by Gasteiger charge is -2.35. The highest BCUT2D eigenvalue weighted by molar-refractivity contribution is 5.93. The standard InChI is InChI=1S/C13H18N2O3/c1-9-11(14-8-18-9)12(16)15-6-2-3-10(7-15)13(17)4-5-13/h8,10,17H,2-7H2,1H3. The van der Waals surface area contributed by atoms with Crippen LogP contribution in [0.15, 0.2) is 10.8 Å². The molecule has 1 saturated carbocycles. The van der Waals surface area contributed by atoms with Gasteiger partial charge in [-0.1, -0.05) is 0 Å². The second kappa shape index (κ2) is 4.09. The molecule has 1 N–H and O–H groups in total. The normalized spacial score (nSPS) is 26.1. The molecular weight excluding hydrogens is 232 g/mol. The number of nitrogens with zero attached hydrogens (tertiary/aromatic N) is 2. The molecule has 1 aromatic heterocycles. The molecule has 1 amide bonds. The van der Waals surface area contributed by atoms with Crippen LogP contribution in [0.25, 0.3) is 0 Å². The van der Waals surface area contributed by atoms with Crippen molar-refractivity contribution in [1.29, 1.82) is 0 Å². The zero-order valence-corrected chi connectivity index (χ0v) is 10.6. The van der Waals surface area contributed by atoms with Gasteiger partial charge >= 0.3 is 0 Å². The number of aryl methyl sites for hydroxylation is 1. The van der Waals surface area contributed by atoms with Gasteiger partial charge in [0.1, 0.15) is 5.76 Å². The maximum atomic E-state index is 12.3. The van der Waals surface area contributed by atoms with Gasteiger partial charge in [-0.25, -0.2) is 4.98 Å². The van der Waals surface area contributed by atoms with Gasteiger partial charge in [-0.3, -0.25) is 4.79 Å². The number of hydrogen-bond acceptors (Lipinski definition) is 4. The van der Waals surface area contributed by atoms with Gasteiger partial charge in [0.25, 0.3) is 5.91 Å². The van der Waals surface area contributed by atoms with Crippen LogP contribution in [0.2, 0.25) is 0 Å². The fraction of sp³-hybridized carbons (Fsp3) is 0.692. The van der Waals surface area contributed by atoms with E-state index in [0.717, 1.165) is 32.2 Å². The predicted molar refractivity (Wildman–Crippen MR) is 64.1 cm³/mol. The summed E-state index contributed by atoms with van der Waals surface area (Å²) in [5.74, 6) is 0.713. The molecule has 3 rings (SSSR count). The minimum Gasteiger partial charge on any atom is -0.448 e. The van der Waals surface area contributed by atoms with Gasteiger partial charge in [-0.15, -0.1) is 0 Å². The molecule has 5 heteroatoms. The summed E-state index contributed by atoms with van der Waals surface area (Å²) in [7, 11) is 0. The molecule has 0 bridgehead atoms. The number of hydrogen-bond donors (Lipinski definition) is 1. The monoisotopic (exact) mass is 250 g/mol. The fourth-order valence-electron chi connectivity index (χ4n) is 2.80. The zero-order valence-electron chi connectivity index (χ0n) is 10.6. The van der Waals surface area contributed by atoms with Gasteiger partial charge in [-0.05, 0) is 32.6 Å². The van der Waals surface area contributed by atoms with Crippen molar-refractivity contribution in [1.82, 2.24) is 9.88 Å². The van der Waals surface area contributed by atoms with E-state index >= 15 is 0 Å². The van der Waals surface area contributed by atoms with E-state index in [9.17, 15) is 9.90 Å². The summed E-state index contributed by atoms with van der Waals surface area (Å²) < 4.78 is 5.07. The van der Waals surface area contributed by atoms with E-state index in [1.807, 2.05) is 0 Å². The third kappa shape index (κ3) is 1.92. The van der Waals surface area contributed by atoms with Crippen LogP contribution in [0, 0.1) is 12.8 Å². The largest absolute Gasteiger partial charge is 0.448 e. The van der Waals surface area contributed by atoms with Gasteiger partial charge < -0.3 is 14.4 Å². The van der Waals surface area contributed by atoms with Gasteiger partial charge in [0.15, 0.2) is 12.1 Å². The van der Waals surface area contributed by atoms with E-state index in [2.05, 4.69) is 4.98 Å². The lowest BCUT2D eigenvalue weighted by molar-refractivity contribution is 0.0279. The highest BCUT2D eigenvalue weighted by Gasteiger charge is 2.49. The maximum absolute atomic E-state index is 12.3. The van der Waals surface area contributed by atoms with Crippen LogP contribution < -0.4 is 0 Å². The number of amides is 1. The minimum absolute atomic E-state index is 0.0739. The van der Waals surface area contributed by atoms with Crippen molar-refractivity contribution in [2.75, 3.05) is 13.1 Å². The maximum Gasteiger partial charge on any atom is 0.276 e. The minimum atomic E-state index is -0.502. The Bertz CT molecular complexity index is 465. The quantitative estimate of drug-likeness (QED) is 0.860.